The van der Waals surface area contributed by atoms with E-state index in [9.17, 15) is 0 Å². The fourth-order valence-corrected chi connectivity index (χ4v) is 5.15. The van der Waals surface area contributed by atoms with Crippen molar-refractivity contribution in [3.05, 3.63) is 48.6 Å². The topological polar surface area (TPSA) is 44.5 Å². The van der Waals surface area contributed by atoms with Crippen molar-refractivity contribution in [1.82, 2.24) is 0 Å². The van der Waals surface area contributed by atoms with Crippen LogP contribution in [0.2, 0.25) is 0 Å². The standard InChI is InChI=1S/C40H75NO2/c1-3-5-7-9-11-13-15-17-19-21-23-25-27-29-31-33-37-42-39-40(35-36-41)43-38-34-32-30-28-26-24-22-20-18-16-14-12-10-8-6-4-2/h11-14,17-20,40H,3-10,15-16,21-39,41H2,1-2H3/t40-/m0/s1. The Labute approximate surface area is 270 Å². The van der Waals surface area contributed by atoms with Gasteiger partial charge in [0.25, 0.3) is 0 Å². The Balaban J connectivity index is 3.48. The summed E-state index contributed by atoms with van der Waals surface area (Å²) in [7, 11) is 0. The first-order chi connectivity index (χ1) is 21.3. The number of nitrogens with two attached hydrogens (primary N) is 1. The molecule has 0 bridgehead atoms. The molecule has 0 aromatic carbocycles. The zero-order valence-electron chi connectivity index (χ0n) is 29.1. The fraction of sp³-hybridized carbons (Fsp3) is 0.800. The van der Waals surface area contributed by atoms with E-state index in [0.29, 0.717) is 13.2 Å². The SMILES string of the molecule is CCCCCC=CCC=CCCCCCCCCOC[C@H](CCN)OCCCCCCCCC=CCC=CCCCCC. The van der Waals surface area contributed by atoms with E-state index >= 15 is 0 Å². The normalized spacial score (nSPS) is 13.1. The highest BCUT2D eigenvalue weighted by molar-refractivity contribution is 4.93. The van der Waals surface area contributed by atoms with Gasteiger partial charge in [-0.2, -0.15) is 0 Å². The largest absolute Gasteiger partial charge is 0.379 e. The molecule has 2 N–H and O–H groups in total. The summed E-state index contributed by atoms with van der Waals surface area (Å²) < 4.78 is 12.1. The molecule has 0 aliphatic rings. The highest BCUT2D eigenvalue weighted by Gasteiger charge is 2.08. The van der Waals surface area contributed by atoms with Crippen molar-refractivity contribution in [2.24, 2.45) is 5.73 Å². The van der Waals surface area contributed by atoms with Crippen LogP contribution in [0.5, 0.6) is 0 Å². The summed E-state index contributed by atoms with van der Waals surface area (Å²) in [4.78, 5) is 0. The van der Waals surface area contributed by atoms with Crippen LogP contribution in [0.25, 0.3) is 0 Å². The first-order valence-electron chi connectivity index (χ1n) is 18.8. The van der Waals surface area contributed by atoms with Gasteiger partial charge >= 0.3 is 0 Å². The summed E-state index contributed by atoms with van der Waals surface area (Å²) in [5.74, 6) is 0. The Morgan fingerprint density at radius 3 is 1.30 bits per heavy atom. The Hall–Kier alpha value is -1.16. The van der Waals surface area contributed by atoms with E-state index in [1.54, 1.807) is 0 Å². The molecule has 0 aliphatic heterocycles. The molecule has 0 amide bonds. The first-order valence-corrected chi connectivity index (χ1v) is 18.8. The van der Waals surface area contributed by atoms with Crippen LogP contribution in [0, 0.1) is 0 Å². The predicted molar refractivity (Wildman–Crippen MR) is 193 cm³/mol. The molecule has 0 radical (unpaired) electrons. The van der Waals surface area contributed by atoms with Crippen molar-refractivity contribution in [2.45, 2.75) is 180 Å². The lowest BCUT2D eigenvalue weighted by molar-refractivity contribution is -0.0211. The molecule has 0 fully saturated rings. The molecule has 0 saturated heterocycles. The van der Waals surface area contributed by atoms with Crippen molar-refractivity contribution in [3.8, 4) is 0 Å². The van der Waals surface area contributed by atoms with Crippen LogP contribution in [0.4, 0.5) is 0 Å². The zero-order chi connectivity index (χ0) is 31.2. The Kier molecular flexibility index (Phi) is 37.8. The molecule has 0 rings (SSSR count). The molecule has 0 heterocycles. The monoisotopic (exact) mass is 602 g/mol. The molecule has 3 nitrogen and oxygen atoms in total. The molecular weight excluding hydrogens is 526 g/mol. The highest BCUT2D eigenvalue weighted by Crippen LogP contribution is 2.11. The molecule has 0 aliphatic carbocycles. The number of unbranched alkanes of at least 4 members (excludes halogenated alkanes) is 18. The van der Waals surface area contributed by atoms with Crippen LogP contribution in [-0.2, 0) is 9.47 Å². The Bertz CT molecular complexity index is 624. The van der Waals surface area contributed by atoms with Crippen LogP contribution >= 0.6 is 0 Å². The lowest BCUT2D eigenvalue weighted by atomic mass is 10.1. The van der Waals surface area contributed by atoms with E-state index in [4.69, 9.17) is 15.2 Å². The molecular formula is C40H75NO2. The molecule has 0 spiro atoms. The summed E-state index contributed by atoms with van der Waals surface area (Å²) in [5, 5.41) is 0. The van der Waals surface area contributed by atoms with Gasteiger partial charge in [-0.1, -0.05) is 140 Å². The molecule has 43 heavy (non-hydrogen) atoms. The van der Waals surface area contributed by atoms with Gasteiger partial charge in [-0.05, 0) is 90.0 Å². The average Bonchev–Trinajstić information content (AvgIpc) is 3.01. The first kappa shape index (κ1) is 41.8. The van der Waals surface area contributed by atoms with E-state index in [1.807, 2.05) is 0 Å². The summed E-state index contributed by atoms with van der Waals surface area (Å²) in [5.41, 5.74) is 5.82. The number of hydrogen-bond donors (Lipinski definition) is 1. The maximum atomic E-state index is 6.11. The third kappa shape index (κ3) is 36.9. The van der Waals surface area contributed by atoms with E-state index in [-0.39, 0.29) is 6.10 Å². The second-order valence-electron chi connectivity index (χ2n) is 12.3. The van der Waals surface area contributed by atoms with Gasteiger partial charge in [0.05, 0.1) is 12.7 Å². The van der Waals surface area contributed by atoms with Gasteiger partial charge < -0.3 is 15.2 Å². The minimum atomic E-state index is 0.160. The fourth-order valence-electron chi connectivity index (χ4n) is 5.15. The quantitative estimate of drug-likeness (QED) is 0.0580. The minimum Gasteiger partial charge on any atom is -0.379 e. The van der Waals surface area contributed by atoms with E-state index < -0.39 is 0 Å². The van der Waals surface area contributed by atoms with Crippen molar-refractivity contribution in [2.75, 3.05) is 26.4 Å². The van der Waals surface area contributed by atoms with Crippen molar-refractivity contribution < 1.29 is 9.47 Å². The molecule has 0 saturated carbocycles. The van der Waals surface area contributed by atoms with Crippen LogP contribution in [0.15, 0.2) is 48.6 Å². The van der Waals surface area contributed by atoms with Crippen molar-refractivity contribution in [3.63, 3.8) is 0 Å². The van der Waals surface area contributed by atoms with E-state index in [0.717, 1.165) is 45.3 Å². The molecule has 0 aromatic rings. The summed E-state index contributed by atoms with van der Waals surface area (Å²) >= 11 is 0. The summed E-state index contributed by atoms with van der Waals surface area (Å²) in [6.07, 6.45) is 50.4. The van der Waals surface area contributed by atoms with Crippen molar-refractivity contribution in [1.29, 1.82) is 0 Å². The van der Waals surface area contributed by atoms with Crippen molar-refractivity contribution >= 4 is 0 Å². The molecule has 3 heteroatoms. The lowest BCUT2D eigenvalue weighted by Gasteiger charge is -2.17. The van der Waals surface area contributed by atoms with Gasteiger partial charge in [-0.3, -0.25) is 0 Å². The molecule has 0 unspecified atom stereocenters. The third-order valence-electron chi connectivity index (χ3n) is 7.98. The summed E-state index contributed by atoms with van der Waals surface area (Å²) in [6.45, 7) is 7.58. The maximum Gasteiger partial charge on any atom is 0.0820 e. The Morgan fingerprint density at radius 2 is 0.860 bits per heavy atom. The van der Waals surface area contributed by atoms with Gasteiger partial charge in [0.15, 0.2) is 0 Å². The van der Waals surface area contributed by atoms with Crippen LogP contribution in [0.3, 0.4) is 0 Å². The van der Waals surface area contributed by atoms with Crippen LogP contribution in [0.1, 0.15) is 174 Å². The van der Waals surface area contributed by atoms with Crippen LogP contribution < -0.4 is 5.73 Å². The average molecular weight is 602 g/mol. The Morgan fingerprint density at radius 1 is 0.465 bits per heavy atom. The second-order valence-corrected chi connectivity index (χ2v) is 12.3. The number of rotatable bonds is 35. The lowest BCUT2D eigenvalue weighted by Crippen LogP contribution is -2.24. The van der Waals surface area contributed by atoms with E-state index in [1.165, 1.54) is 128 Å². The smallest absolute Gasteiger partial charge is 0.0820 e. The van der Waals surface area contributed by atoms with Gasteiger partial charge in [-0.15, -0.1) is 0 Å². The second kappa shape index (κ2) is 38.9. The van der Waals surface area contributed by atoms with Gasteiger partial charge in [0.2, 0.25) is 0 Å². The molecule has 0 aromatic heterocycles. The van der Waals surface area contributed by atoms with Gasteiger partial charge in [-0.25, -0.2) is 0 Å². The molecule has 252 valence electrons. The molecule has 1 atom stereocenters. The van der Waals surface area contributed by atoms with Crippen LogP contribution in [-0.4, -0.2) is 32.5 Å². The number of ether oxygens (including phenoxy) is 2. The van der Waals surface area contributed by atoms with Gasteiger partial charge in [0.1, 0.15) is 0 Å². The zero-order valence-corrected chi connectivity index (χ0v) is 29.1. The minimum absolute atomic E-state index is 0.160. The van der Waals surface area contributed by atoms with E-state index in [2.05, 4.69) is 62.5 Å². The number of hydrogen-bond acceptors (Lipinski definition) is 3. The maximum absolute atomic E-state index is 6.11. The predicted octanol–water partition coefficient (Wildman–Crippen LogP) is 12.4. The van der Waals surface area contributed by atoms with Gasteiger partial charge in [0, 0.05) is 13.2 Å². The highest BCUT2D eigenvalue weighted by atomic mass is 16.5. The third-order valence-corrected chi connectivity index (χ3v) is 7.98. The number of allylic oxidation sites excluding steroid dienone is 8. The summed E-state index contributed by atoms with van der Waals surface area (Å²) in [6, 6.07) is 0.